The second-order valence-electron chi connectivity index (χ2n) is 5.74. The van der Waals surface area contributed by atoms with Gasteiger partial charge in [0.25, 0.3) is 5.71 Å². The fourth-order valence-corrected chi connectivity index (χ4v) is 4.17. The van der Waals surface area contributed by atoms with Crippen LogP contribution in [0.4, 0.5) is 0 Å². The summed E-state index contributed by atoms with van der Waals surface area (Å²) < 4.78 is 7.50. The SMILES string of the molecule is C[S+](CCON)C[C@H]1O[C@@H]([N+]2=CN=C3C(N)=NCN=C32)[C@H](O)[C@@H]1O. The van der Waals surface area contributed by atoms with Crippen LogP contribution in [-0.2, 0) is 20.5 Å². The Hall–Kier alpha value is -1.37. The Morgan fingerprint density at radius 1 is 1.42 bits per heavy atom. The van der Waals surface area contributed by atoms with Crippen molar-refractivity contribution in [1.82, 2.24) is 0 Å². The van der Waals surface area contributed by atoms with Gasteiger partial charge in [0.15, 0.2) is 12.5 Å². The number of hydrogen-bond donors (Lipinski definition) is 4. The number of aliphatic imine (C=N–C) groups is 3. The van der Waals surface area contributed by atoms with Crippen LogP contribution in [0.15, 0.2) is 15.0 Å². The maximum atomic E-state index is 10.4. The Labute approximate surface area is 141 Å². The molecule has 0 radical (unpaired) electrons. The summed E-state index contributed by atoms with van der Waals surface area (Å²) in [5, 5.41) is 20.7. The molecule has 0 amide bonds. The van der Waals surface area contributed by atoms with Crippen LogP contribution in [0.25, 0.3) is 0 Å². The average molecular weight is 358 g/mol. The van der Waals surface area contributed by atoms with Crippen LogP contribution < -0.4 is 11.6 Å². The molecule has 132 valence electrons. The van der Waals surface area contributed by atoms with Gasteiger partial charge in [-0.1, -0.05) is 0 Å². The summed E-state index contributed by atoms with van der Waals surface area (Å²) in [6, 6.07) is 0. The number of amidine groups is 2. The molecule has 24 heavy (non-hydrogen) atoms. The van der Waals surface area contributed by atoms with E-state index >= 15 is 0 Å². The molecule has 0 saturated carbocycles. The van der Waals surface area contributed by atoms with Crippen molar-refractivity contribution in [2.24, 2.45) is 26.6 Å². The molecular weight excluding hydrogens is 336 g/mol. The molecule has 0 aliphatic carbocycles. The number of aliphatic hydroxyl groups excluding tert-OH is 2. The molecule has 3 heterocycles. The van der Waals surface area contributed by atoms with Gasteiger partial charge in [-0.2, -0.15) is 0 Å². The Bertz CT molecular complexity index is 622. The predicted octanol–water partition coefficient (Wildman–Crippen LogP) is -3.21. The minimum Gasteiger partial charge on any atom is -0.387 e. The normalized spacial score (nSPS) is 33.5. The van der Waals surface area contributed by atoms with Gasteiger partial charge in [-0.15, -0.1) is 9.98 Å². The first kappa shape index (κ1) is 17.5. The van der Waals surface area contributed by atoms with Gasteiger partial charge in [0.2, 0.25) is 12.6 Å². The van der Waals surface area contributed by atoms with Crippen molar-refractivity contribution < 1.29 is 24.4 Å². The van der Waals surface area contributed by atoms with Crippen LogP contribution in [0, 0.1) is 0 Å². The summed E-state index contributed by atoms with van der Waals surface area (Å²) in [6.07, 6.45) is 0.226. The highest BCUT2D eigenvalue weighted by molar-refractivity contribution is 7.96. The van der Waals surface area contributed by atoms with Gasteiger partial charge in [0.05, 0.1) is 6.26 Å². The van der Waals surface area contributed by atoms with E-state index in [9.17, 15) is 10.2 Å². The Kier molecular flexibility index (Phi) is 5.27. The lowest BCUT2D eigenvalue weighted by molar-refractivity contribution is -0.516. The molecule has 3 aliphatic rings. The molecule has 3 rings (SSSR count). The smallest absolute Gasteiger partial charge is 0.308 e. The van der Waals surface area contributed by atoms with E-state index in [0.717, 1.165) is 5.75 Å². The average Bonchev–Trinajstić information content (AvgIpc) is 3.10. The van der Waals surface area contributed by atoms with Crippen LogP contribution in [-0.4, -0.2) is 94.1 Å². The number of ether oxygens (including phenoxy) is 1. The van der Waals surface area contributed by atoms with Crippen molar-refractivity contribution in [3.63, 3.8) is 0 Å². The van der Waals surface area contributed by atoms with E-state index in [0.29, 0.717) is 29.7 Å². The van der Waals surface area contributed by atoms with Gasteiger partial charge in [0, 0.05) is 0 Å². The van der Waals surface area contributed by atoms with Gasteiger partial charge in [-0.25, -0.2) is 15.5 Å². The van der Waals surface area contributed by atoms with E-state index in [2.05, 4.69) is 19.8 Å². The van der Waals surface area contributed by atoms with Crippen LogP contribution >= 0.6 is 0 Å². The van der Waals surface area contributed by atoms with Gasteiger partial charge >= 0.3 is 5.84 Å². The predicted molar refractivity (Wildman–Crippen MR) is 91.5 cm³/mol. The summed E-state index contributed by atoms with van der Waals surface area (Å²) in [6.45, 7) is 0.651. The number of nitrogens with two attached hydrogens (primary N) is 2. The summed E-state index contributed by atoms with van der Waals surface area (Å²) >= 11 is 0. The first-order chi connectivity index (χ1) is 11.5. The lowest BCUT2D eigenvalue weighted by Crippen LogP contribution is -2.45. The first-order valence-corrected chi connectivity index (χ1v) is 9.47. The monoisotopic (exact) mass is 358 g/mol. The van der Waals surface area contributed by atoms with Crippen LogP contribution in [0.5, 0.6) is 0 Å². The van der Waals surface area contributed by atoms with E-state index in [-0.39, 0.29) is 17.6 Å². The minimum absolute atomic E-state index is 0.0533. The van der Waals surface area contributed by atoms with Crippen molar-refractivity contribution in [3.05, 3.63) is 0 Å². The first-order valence-electron chi connectivity index (χ1n) is 7.50. The molecular formula is C13H22N6O4S+2. The topological polar surface area (TPSA) is 151 Å². The highest BCUT2D eigenvalue weighted by Gasteiger charge is 2.51. The molecule has 11 heteroatoms. The molecule has 1 unspecified atom stereocenters. The zero-order valence-corrected chi connectivity index (χ0v) is 14.1. The molecule has 0 bridgehead atoms. The Balaban J connectivity index is 1.67. The quantitative estimate of drug-likeness (QED) is 0.223. The third-order valence-corrected chi connectivity index (χ3v) is 5.84. The van der Waals surface area contributed by atoms with Crippen molar-refractivity contribution in [2.45, 2.75) is 24.5 Å². The largest absolute Gasteiger partial charge is 0.387 e. The lowest BCUT2D eigenvalue weighted by atomic mass is 10.1. The standard InChI is InChI=1S/C13H22N6O4S/c1-24(3-2-22-15)4-7-9(20)10(21)13(23-7)19-6-18-8-11(14)16-5-17-12(8)19/h6-7,9-10,13,20-21H,2-5,15H2,1H3,(H2,14,16)/q+2/t7-,9-,10-,13-,24?/m1/s1. The summed E-state index contributed by atoms with van der Waals surface area (Å²) in [7, 11) is -0.0533. The van der Waals surface area contributed by atoms with Gasteiger partial charge in [-0.05, 0) is 10.9 Å². The molecule has 0 aromatic heterocycles. The highest BCUT2D eigenvalue weighted by Crippen LogP contribution is 2.25. The summed E-state index contributed by atoms with van der Waals surface area (Å²) in [4.78, 5) is 17.0. The third kappa shape index (κ3) is 3.23. The minimum atomic E-state index is -1.08. The van der Waals surface area contributed by atoms with Crippen LogP contribution in [0.2, 0.25) is 0 Å². The fraction of sp³-hybridized carbons (Fsp3) is 0.692. The third-order valence-electron chi connectivity index (χ3n) is 4.08. The second-order valence-corrected chi connectivity index (χ2v) is 8.04. The van der Waals surface area contributed by atoms with E-state index in [1.807, 2.05) is 6.26 Å². The lowest BCUT2D eigenvalue weighted by Gasteiger charge is -2.16. The van der Waals surface area contributed by atoms with Gasteiger partial charge < -0.3 is 20.7 Å². The Morgan fingerprint density at radius 2 is 2.21 bits per heavy atom. The molecule has 1 fully saturated rings. The van der Waals surface area contributed by atoms with Crippen LogP contribution in [0.1, 0.15) is 0 Å². The molecule has 3 aliphatic heterocycles. The number of aliphatic hydroxyl groups is 2. The summed E-state index contributed by atoms with van der Waals surface area (Å²) in [5.74, 6) is 7.23. The van der Waals surface area contributed by atoms with Gasteiger partial charge in [-0.3, -0.25) is 4.84 Å². The molecule has 0 aromatic carbocycles. The van der Waals surface area contributed by atoms with E-state index < -0.39 is 24.5 Å². The number of hydrogen-bond acceptors (Lipinski definition) is 9. The van der Waals surface area contributed by atoms with E-state index in [4.69, 9.17) is 16.4 Å². The zero-order valence-electron chi connectivity index (χ0n) is 13.3. The molecule has 1 saturated heterocycles. The number of rotatable bonds is 6. The molecule has 0 spiro atoms. The maximum Gasteiger partial charge on any atom is 0.308 e. The zero-order chi connectivity index (χ0) is 17.3. The van der Waals surface area contributed by atoms with Crippen LogP contribution in [0.3, 0.4) is 0 Å². The van der Waals surface area contributed by atoms with Crippen molar-refractivity contribution in [2.75, 3.05) is 31.0 Å². The van der Waals surface area contributed by atoms with Gasteiger partial charge in [0.1, 0.15) is 36.4 Å². The van der Waals surface area contributed by atoms with Crippen molar-refractivity contribution in [3.8, 4) is 0 Å². The fourth-order valence-electron chi connectivity index (χ4n) is 2.78. The van der Waals surface area contributed by atoms with E-state index in [1.54, 1.807) is 4.58 Å². The van der Waals surface area contributed by atoms with Crippen molar-refractivity contribution >= 4 is 34.6 Å². The van der Waals surface area contributed by atoms with Crippen molar-refractivity contribution in [1.29, 1.82) is 0 Å². The molecule has 0 aromatic rings. The number of fused-ring (bicyclic) bond motifs is 1. The molecule has 10 nitrogen and oxygen atoms in total. The summed E-state index contributed by atoms with van der Waals surface area (Å²) in [5.41, 5.74) is 6.26. The molecule has 6 N–H and O–H groups in total. The second kappa shape index (κ2) is 7.25. The molecule has 5 atom stereocenters. The number of nitrogens with zero attached hydrogens (tertiary/aromatic N) is 4. The Morgan fingerprint density at radius 3 is 2.96 bits per heavy atom. The van der Waals surface area contributed by atoms with E-state index in [1.165, 1.54) is 6.34 Å². The highest BCUT2D eigenvalue weighted by atomic mass is 32.2. The maximum absolute atomic E-state index is 10.4.